The van der Waals surface area contributed by atoms with Gasteiger partial charge in [-0.25, -0.2) is 0 Å². The van der Waals surface area contributed by atoms with Crippen LogP contribution in [0.15, 0.2) is 30.3 Å². The molecule has 4 aliphatic heterocycles. The molecule has 0 aromatic heterocycles. The minimum atomic E-state index is -1.81. The normalized spacial score (nSPS) is 43.5. The molecule has 4 fully saturated rings. The molecule has 1 aromatic carbocycles. The summed E-state index contributed by atoms with van der Waals surface area (Å²) in [5, 5.41) is 116. The molecular weight excluding hydrogens is 710 g/mol. The highest BCUT2D eigenvalue weighted by Crippen LogP contribution is 2.34. The molecule has 19 heteroatoms. The quantitative estimate of drug-likeness (QED) is 0.0845. The molecule has 0 bridgehead atoms. The van der Waals surface area contributed by atoms with Crippen molar-refractivity contribution in [2.45, 2.75) is 124 Å². The number of morpholine rings is 1. The van der Waals surface area contributed by atoms with Crippen molar-refractivity contribution >= 4 is 0 Å². The fraction of sp³-hybridized carbons (Fsp3) is 0.824. The van der Waals surface area contributed by atoms with E-state index in [1.165, 1.54) is 0 Å². The lowest BCUT2D eigenvalue weighted by molar-refractivity contribution is -0.355. The third kappa shape index (κ3) is 9.54. The molecular formula is C34H55NO18. The standard InChI is InChI=1S/C34H55NO18/c1-15(2)30-28(45)31(53-34-27(44)26(43)23(40)19(12-38)51-34)25(42)21(49-30)14-47-33-29(46)32(24(41)20(13-39)50-33)52-22-9-35(8-17(10-36)48-22)18(11-37)16-6-4-3-5-7-16/h3-7,15,17-34,36-46H,8-14H2,1-2H3/t17?,18-,19?,20?,21?,22?,23?,24?,25?,26?,27?,28?,29?,30?,31?,32?,33?,34?/m0/s1. The fourth-order valence-electron chi connectivity index (χ4n) is 7.23. The second kappa shape index (κ2) is 19.1. The highest BCUT2D eigenvalue weighted by Gasteiger charge is 2.53. The minimum absolute atomic E-state index is 0.0690. The van der Waals surface area contributed by atoms with Crippen LogP contribution in [-0.2, 0) is 33.2 Å². The van der Waals surface area contributed by atoms with E-state index < -0.39 is 130 Å². The predicted octanol–water partition coefficient (Wildman–Crippen LogP) is -5.09. The molecule has 0 spiro atoms. The van der Waals surface area contributed by atoms with Crippen LogP contribution < -0.4 is 0 Å². The highest BCUT2D eigenvalue weighted by atomic mass is 16.7. The molecule has 0 amide bonds. The van der Waals surface area contributed by atoms with Crippen molar-refractivity contribution in [2.24, 2.45) is 5.92 Å². The Balaban J connectivity index is 1.28. The zero-order chi connectivity index (χ0) is 38.6. The topological polar surface area (TPSA) is 290 Å². The Hall–Kier alpha value is -1.54. The second-order valence-electron chi connectivity index (χ2n) is 14.2. The number of nitrogens with zero attached hydrogens (tertiary/aromatic N) is 1. The van der Waals surface area contributed by atoms with Crippen LogP contribution in [0.25, 0.3) is 0 Å². The maximum atomic E-state index is 11.4. The lowest BCUT2D eigenvalue weighted by Crippen LogP contribution is -2.65. The van der Waals surface area contributed by atoms with E-state index in [9.17, 15) is 56.2 Å². The summed E-state index contributed by atoms with van der Waals surface area (Å²) in [7, 11) is 0. The summed E-state index contributed by atoms with van der Waals surface area (Å²) in [4.78, 5) is 1.85. The zero-order valence-electron chi connectivity index (χ0n) is 29.5. The number of hydrogen-bond acceptors (Lipinski definition) is 19. The smallest absolute Gasteiger partial charge is 0.187 e. The van der Waals surface area contributed by atoms with Crippen molar-refractivity contribution in [1.29, 1.82) is 0 Å². The Morgan fingerprint density at radius 1 is 0.642 bits per heavy atom. The molecule has 18 atom stereocenters. The van der Waals surface area contributed by atoms with Crippen LogP contribution in [0.3, 0.4) is 0 Å². The first-order valence-corrected chi connectivity index (χ1v) is 17.9. The van der Waals surface area contributed by atoms with Crippen LogP contribution in [0.5, 0.6) is 0 Å². The van der Waals surface area contributed by atoms with Crippen LogP contribution >= 0.6 is 0 Å². The van der Waals surface area contributed by atoms with E-state index in [2.05, 4.69) is 0 Å². The zero-order valence-corrected chi connectivity index (χ0v) is 29.5. The van der Waals surface area contributed by atoms with Gasteiger partial charge in [0.25, 0.3) is 0 Å². The maximum absolute atomic E-state index is 11.4. The Kier molecular flexibility index (Phi) is 15.3. The predicted molar refractivity (Wildman–Crippen MR) is 176 cm³/mol. The first kappa shape index (κ1) is 42.6. The molecule has 5 rings (SSSR count). The third-order valence-electron chi connectivity index (χ3n) is 10.2. The Labute approximate surface area is 306 Å². The van der Waals surface area contributed by atoms with Gasteiger partial charge in [-0.05, 0) is 11.5 Å². The molecule has 1 aromatic rings. The van der Waals surface area contributed by atoms with Crippen molar-refractivity contribution in [3.63, 3.8) is 0 Å². The van der Waals surface area contributed by atoms with Crippen LogP contribution in [-0.4, -0.2) is 212 Å². The lowest BCUT2D eigenvalue weighted by Gasteiger charge is -2.48. The van der Waals surface area contributed by atoms with Crippen LogP contribution in [0.4, 0.5) is 0 Å². The average Bonchev–Trinajstić information content (AvgIpc) is 3.15. The first-order valence-electron chi connectivity index (χ1n) is 17.9. The van der Waals surface area contributed by atoms with E-state index >= 15 is 0 Å². The van der Waals surface area contributed by atoms with Crippen molar-refractivity contribution in [3.8, 4) is 0 Å². The SMILES string of the molecule is CC(C)C1OC(COC2OC(CO)C(O)C(OC3CN([C@@H](CO)c4ccccc4)CC(CO)O3)C2O)C(O)C(OC2OC(CO)C(O)C(O)C2O)C1O. The second-order valence-corrected chi connectivity index (χ2v) is 14.2. The fourth-order valence-corrected chi connectivity index (χ4v) is 7.23. The number of aliphatic hydroxyl groups excluding tert-OH is 11. The first-order chi connectivity index (χ1) is 25.3. The Bertz CT molecular complexity index is 1240. The van der Waals surface area contributed by atoms with Crippen molar-refractivity contribution in [3.05, 3.63) is 35.9 Å². The number of benzene rings is 1. The summed E-state index contributed by atoms with van der Waals surface area (Å²) in [5.74, 6) is -0.353. The monoisotopic (exact) mass is 765 g/mol. The third-order valence-corrected chi connectivity index (χ3v) is 10.2. The van der Waals surface area contributed by atoms with Crippen LogP contribution in [0.1, 0.15) is 25.5 Å². The maximum Gasteiger partial charge on any atom is 0.187 e. The van der Waals surface area contributed by atoms with E-state index in [1.807, 2.05) is 35.2 Å². The van der Waals surface area contributed by atoms with Gasteiger partial charge in [0.15, 0.2) is 18.9 Å². The molecule has 53 heavy (non-hydrogen) atoms. The molecule has 4 saturated heterocycles. The highest BCUT2D eigenvalue weighted by molar-refractivity contribution is 5.19. The number of hydrogen-bond donors (Lipinski definition) is 11. The van der Waals surface area contributed by atoms with E-state index in [4.69, 9.17) is 33.2 Å². The lowest BCUT2D eigenvalue weighted by atomic mass is 9.89. The van der Waals surface area contributed by atoms with E-state index in [0.29, 0.717) is 0 Å². The molecule has 0 saturated carbocycles. The summed E-state index contributed by atoms with van der Waals surface area (Å²) in [5.41, 5.74) is 0.812. The summed E-state index contributed by atoms with van der Waals surface area (Å²) in [6, 6.07) is 8.72. The summed E-state index contributed by atoms with van der Waals surface area (Å²) in [6.45, 7) is 1.22. The molecule has 11 N–H and O–H groups in total. The van der Waals surface area contributed by atoms with E-state index in [1.54, 1.807) is 13.8 Å². The summed E-state index contributed by atoms with van der Waals surface area (Å²) in [6.07, 6.45) is -24.6. The average molecular weight is 766 g/mol. The minimum Gasteiger partial charge on any atom is -0.394 e. The van der Waals surface area contributed by atoms with Gasteiger partial charge in [0.05, 0.1) is 57.8 Å². The number of aliphatic hydroxyl groups is 11. The Morgan fingerprint density at radius 3 is 1.89 bits per heavy atom. The van der Waals surface area contributed by atoms with Crippen LogP contribution in [0, 0.1) is 5.92 Å². The van der Waals surface area contributed by atoms with Gasteiger partial charge in [-0.3, -0.25) is 4.90 Å². The van der Waals surface area contributed by atoms with Gasteiger partial charge in [0.2, 0.25) is 0 Å². The van der Waals surface area contributed by atoms with Gasteiger partial charge in [0.1, 0.15) is 73.2 Å². The molecule has 304 valence electrons. The van der Waals surface area contributed by atoms with Gasteiger partial charge in [0, 0.05) is 6.54 Å². The van der Waals surface area contributed by atoms with Gasteiger partial charge < -0.3 is 89.3 Å². The molecule has 0 radical (unpaired) electrons. The summed E-state index contributed by atoms with van der Waals surface area (Å²) >= 11 is 0. The van der Waals surface area contributed by atoms with Crippen molar-refractivity contribution in [1.82, 2.24) is 4.90 Å². The molecule has 19 nitrogen and oxygen atoms in total. The molecule has 0 aliphatic carbocycles. The van der Waals surface area contributed by atoms with Gasteiger partial charge in [-0.2, -0.15) is 0 Å². The van der Waals surface area contributed by atoms with Crippen molar-refractivity contribution in [2.75, 3.05) is 46.1 Å². The molecule has 4 aliphatic rings. The molecule has 17 unspecified atom stereocenters. The van der Waals surface area contributed by atoms with Gasteiger partial charge in [-0.15, -0.1) is 0 Å². The van der Waals surface area contributed by atoms with E-state index in [0.717, 1.165) is 5.56 Å². The Morgan fingerprint density at radius 2 is 1.26 bits per heavy atom. The number of rotatable bonds is 14. The van der Waals surface area contributed by atoms with E-state index in [-0.39, 0.29) is 32.2 Å². The summed E-state index contributed by atoms with van der Waals surface area (Å²) < 4.78 is 40.7. The van der Waals surface area contributed by atoms with Gasteiger partial charge in [-0.1, -0.05) is 44.2 Å². The molecule has 4 heterocycles. The van der Waals surface area contributed by atoms with Crippen LogP contribution in [0.2, 0.25) is 0 Å². The number of ether oxygens (including phenoxy) is 7. The van der Waals surface area contributed by atoms with Crippen molar-refractivity contribution < 1.29 is 89.3 Å². The largest absolute Gasteiger partial charge is 0.394 e. The van der Waals surface area contributed by atoms with Gasteiger partial charge >= 0.3 is 0 Å².